The normalized spacial score (nSPS) is 18.1. The summed E-state index contributed by atoms with van der Waals surface area (Å²) in [6, 6.07) is 1.34. The van der Waals surface area contributed by atoms with Crippen LogP contribution in [0, 0.1) is 5.41 Å². The van der Waals surface area contributed by atoms with Gasteiger partial charge in [-0.15, -0.1) is 0 Å². The first-order valence-corrected chi connectivity index (χ1v) is 10.5. The second-order valence-electron chi connectivity index (χ2n) is 7.56. The molecule has 0 saturated carbocycles. The van der Waals surface area contributed by atoms with E-state index < -0.39 is 5.92 Å². The fourth-order valence-electron chi connectivity index (χ4n) is 3.76. The molecule has 2 aliphatic rings. The second kappa shape index (κ2) is 8.00. The van der Waals surface area contributed by atoms with Gasteiger partial charge >= 0.3 is 0 Å². The van der Waals surface area contributed by atoms with Crippen LogP contribution in [-0.4, -0.2) is 30.5 Å². The standard InChI is InChI=1S/C21H19ClF2N8O/c1-31-18-17(22)14(33-13(10-25)12-5-2-3-7-26-12)11-27-19(18)29-20(31)28-16-9-15-21(23,24)6-4-8-32(15)30-16/h2-3,5,7,9-11,25-26H,4,6,8H2,1H3,(H,27,28,29,30)/b13-12+,25-10?. The van der Waals surface area contributed by atoms with Crippen LogP contribution >= 0.6 is 11.6 Å². The molecule has 0 bridgehead atoms. The molecule has 2 aliphatic heterocycles. The molecule has 3 aromatic heterocycles. The maximum absolute atomic E-state index is 14.2. The number of hydrogen-bond donors (Lipinski definition) is 3. The molecule has 0 spiro atoms. The summed E-state index contributed by atoms with van der Waals surface area (Å²) in [6.45, 7) is 0.438. The lowest BCUT2D eigenvalue weighted by Gasteiger charge is -2.22. The van der Waals surface area contributed by atoms with E-state index in [1.165, 1.54) is 16.9 Å². The highest BCUT2D eigenvalue weighted by Crippen LogP contribution is 2.39. The highest BCUT2D eigenvalue weighted by molar-refractivity contribution is 6.36. The summed E-state index contributed by atoms with van der Waals surface area (Å²) in [6.07, 6.45) is 9.77. The molecule has 170 valence electrons. The Hall–Kier alpha value is -3.73. The molecule has 5 heterocycles. The summed E-state index contributed by atoms with van der Waals surface area (Å²) < 4.78 is 37.2. The van der Waals surface area contributed by atoms with E-state index in [0.717, 1.165) is 6.21 Å². The fourth-order valence-corrected chi connectivity index (χ4v) is 4.06. The second-order valence-corrected chi connectivity index (χ2v) is 7.94. The summed E-state index contributed by atoms with van der Waals surface area (Å²) in [7, 11) is 1.71. The van der Waals surface area contributed by atoms with E-state index in [-0.39, 0.29) is 34.5 Å². The van der Waals surface area contributed by atoms with Gasteiger partial charge in [-0.05, 0) is 18.6 Å². The predicted molar refractivity (Wildman–Crippen MR) is 120 cm³/mol. The number of fused-ring (bicyclic) bond motifs is 2. The highest BCUT2D eigenvalue weighted by atomic mass is 35.5. The molecule has 0 atom stereocenters. The van der Waals surface area contributed by atoms with Crippen molar-refractivity contribution in [1.29, 1.82) is 5.41 Å². The third kappa shape index (κ3) is 3.74. The van der Waals surface area contributed by atoms with Gasteiger partial charge in [0.25, 0.3) is 5.92 Å². The van der Waals surface area contributed by atoms with E-state index in [9.17, 15) is 8.78 Å². The van der Waals surface area contributed by atoms with Gasteiger partial charge in [-0.25, -0.2) is 4.98 Å². The Morgan fingerprint density at radius 3 is 2.97 bits per heavy atom. The number of dihydropyridines is 1. The molecule has 0 radical (unpaired) electrons. The van der Waals surface area contributed by atoms with Crippen molar-refractivity contribution in [2.75, 3.05) is 5.32 Å². The molecule has 0 amide bonds. The predicted octanol–water partition coefficient (Wildman–Crippen LogP) is 4.36. The largest absolute Gasteiger partial charge is 0.450 e. The van der Waals surface area contributed by atoms with Crippen LogP contribution in [-0.2, 0) is 19.5 Å². The van der Waals surface area contributed by atoms with Gasteiger partial charge < -0.3 is 25.3 Å². The number of allylic oxidation sites excluding steroid dienone is 4. The van der Waals surface area contributed by atoms with Gasteiger partial charge in [0.05, 0.1) is 18.1 Å². The lowest BCUT2D eigenvalue weighted by molar-refractivity contribution is -0.0364. The first-order valence-electron chi connectivity index (χ1n) is 10.1. The SMILES string of the molecule is Cn1c(Nc2cc3n(n2)CCCC3(F)F)nc2ncc(O/C(C=N)=C3\C=CC=CN3)c(Cl)c21. The van der Waals surface area contributed by atoms with Crippen molar-refractivity contribution in [1.82, 2.24) is 29.6 Å². The number of aryl methyl sites for hydroxylation is 2. The van der Waals surface area contributed by atoms with E-state index in [1.54, 1.807) is 23.9 Å². The number of nitrogens with zero attached hydrogens (tertiary/aromatic N) is 5. The maximum atomic E-state index is 14.2. The van der Waals surface area contributed by atoms with Gasteiger partial charge in [0, 0.05) is 32.3 Å². The average Bonchev–Trinajstić information content (AvgIpc) is 3.36. The first-order chi connectivity index (χ1) is 15.9. The number of aromatic nitrogens is 5. The van der Waals surface area contributed by atoms with Crippen molar-refractivity contribution in [2.45, 2.75) is 25.3 Å². The van der Waals surface area contributed by atoms with Crippen LogP contribution in [0.1, 0.15) is 18.5 Å². The number of nitrogens with one attached hydrogen (secondary N) is 3. The van der Waals surface area contributed by atoms with Crippen molar-refractivity contribution in [2.24, 2.45) is 7.05 Å². The Labute approximate surface area is 191 Å². The Morgan fingerprint density at radius 2 is 2.24 bits per heavy atom. The summed E-state index contributed by atoms with van der Waals surface area (Å²) in [5.41, 5.74) is 1.30. The van der Waals surface area contributed by atoms with E-state index in [2.05, 4.69) is 25.7 Å². The Bertz CT molecular complexity index is 1350. The topological polar surface area (TPSA) is 106 Å². The van der Waals surface area contributed by atoms with Crippen molar-refractivity contribution < 1.29 is 13.5 Å². The van der Waals surface area contributed by atoms with Gasteiger partial charge in [0.2, 0.25) is 5.95 Å². The average molecular weight is 473 g/mol. The number of rotatable bonds is 5. The van der Waals surface area contributed by atoms with E-state index in [0.29, 0.717) is 35.8 Å². The number of imidazole rings is 1. The Morgan fingerprint density at radius 1 is 1.39 bits per heavy atom. The lowest BCUT2D eigenvalue weighted by atomic mass is 10.1. The minimum atomic E-state index is -2.91. The van der Waals surface area contributed by atoms with Gasteiger partial charge in [-0.3, -0.25) is 4.68 Å². The van der Waals surface area contributed by atoms with Crippen LogP contribution in [0.25, 0.3) is 11.2 Å². The van der Waals surface area contributed by atoms with Crippen molar-refractivity contribution >= 4 is 40.7 Å². The molecule has 0 saturated heterocycles. The van der Waals surface area contributed by atoms with Crippen LogP contribution in [0.3, 0.4) is 0 Å². The quantitative estimate of drug-likeness (QED) is 0.376. The van der Waals surface area contributed by atoms with E-state index in [4.69, 9.17) is 21.7 Å². The third-order valence-electron chi connectivity index (χ3n) is 5.39. The smallest absolute Gasteiger partial charge is 0.289 e. The minimum absolute atomic E-state index is 0.116. The zero-order chi connectivity index (χ0) is 23.2. The zero-order valence-electron chi connectivity index (χ0n) is 17.4. The minimum Gasteiger partial charge on any atom is -0.450 e. The monoisotopic (exact) mass is 472 g/mol. The van der Waals surface area contributed by atoms with Gasteiger partial charge in [-0.1, -0.05) is 17.7 Å². The van der Waals surface area contributed by atoms with Crippen molar-refractivity contribution in [3.05, 3.63) is 58.9 Å². The van der Waals surface area contributed by atoms with Crippen molar-refractivity contribution in [3.8, 4) is 5.75 Å². The molecule has 0 fully saturated rings. The molecule has 5 rings (SSSR count). The molecular weight excluding hydrogens is 454 g/mol. The molecule has 0 unspecified atom stereocenters. The van der Waals surface area contributed by atoms with Crippen LogP contribution < -0.4 is 15.4 Å². The first kappa shape index (κ1) is 21.1. The lowest BCUT2D eigenvalue weighted by Crippen LogP contribution is -2.25. The van der Waals surface area contributed by atoms with Crippen LogP contribution in [0.4, 0.5) is 20.5 Å². The Kier molecular flexibility index (Phi) is 5.12. The number of hydrogen-bond acceptors (Lipinski definition) is 7. The molecule has 0 aliphatic carbocycles. The zero-order valence-corrected chi connectivity index (χ0v) is 18.2. The summed E-state index contributed by atoms with van der Waals surface area (Å²) in [4.78, 5) is 8.72. The third-order valence-corrected chi connectivity index (χ3v) is 5.75. The molecule has 3 aromatic rings. The van der Waals surface area contributed by atoms with Gasteiger partial charge in [0.15, 0.2) is 23.0 Å². The number of ether oxygens (including phenoxy) is 1. The molecular formula is C21H19ClF2N8O. The van der Waals surface area contributed by atoms with Gasteiger partial charge in [-0.2, -0.15) is 18.9 Å². The Balaban J connectivity index is 1.47. The van der Waals surface area contributed by atoms with E-state index >= 15 is 0 Å². The number of alkyl halides is 2. The van der Waals surface area contributed by atoms with Crippen LogP contribution in [0.5, 0.6) is 5.75 Å². The molecule has 9 nitrogen and oxygen atoms in total. The van der Waals surface area contributed by atoms with E-state index in [1.807, 2.05) is 12.2 Å². The van der Waals surface area contributed by atoms with Gasteiger partial charge in [0.1, 0.15) is 16.2 Å². The molecule has 0 aromatic carbocycles. The van der Waals surface area contributed by atoms with Crippen molar-refractivity contribution in [3.63, 3.8) is 0 Å². The van der Waals surface area contributed by atoms with Crippen LogP contribution in [0.2, 0.25) is 5.02 Å². The number of pyridine rings is 1. The fraction of sp³-hybridized carbons (Fsp3) is 0.238. The maximum Gasteiger partial charge on any atom is 0.289 e. The summed E-state index contributed by atoms with van der Waals surface area (Å²) in [5.74, 6) is -1.82. The van der Waals surface area contributed by atoms with Crippen LogP contribution in [0.15, 0.2) is 48.1 Å². The molecule has 3 N–H and O–H groups in total. The highest BCUT2D eigenvalue weighted by Gasteiger charge is 2.38. The molecule has 12 heteroatoms. The molecule has 33 heavy (non-hydrogen) atoms. The number of anilines is 2. The summed E-state index contributed by atoms with van der Waals surface area (Å²) >= 11 is 6.60. The summed E-state index contributed by atoms with van der Waals surface area (Å²) in [5, 5.41) is 18.1. The number of halogens is 3.